The Labute approximate surface area is 103 Å². The smallest absolute Gasteiger partial charge is 0.305 e. The number of fused-ring (bicyclic) bond motifs is 1. The number of carboxylic acids is 1. The van der Waals surface area contributed by atoms with Crippen molar-refractivity contribution in [2.75, 3.05) is 0 Å². The number of amides is 1. The SMILES string of the molecule is Cc1oc2ccccc2c1C(CC(=O)O)NC=O. The van der Waals surface area contributed by atoms with Gasteiger partial charge in [-0.05, 0) is 13.0 Å². The van der Waals surface area contributed by atoms with Gasteiger partial charge in [0.2, 0.25) is 6.41 Å². The molecule has 1 heterocycles. The van der Waals surface area contributed by atoms with Crippen LogP contribution in [0.4, 0.5) is 0 Å². The van der Waals surface area contributed by atoms with Crippen LogP contribution in [0.5, 0.6) is 0 Å². The molecule has 0 spiro atoms. The van der Waals surface area contributed by atoms with Crippen molar-refractivity contribution < 1.29 is 19.1 Å². The number of nitrogens with one attached hydrogen (secondary N) is 1. The molecule has 1 aromatic carbocycles. The van der Waals surface area contributed by atoms with Crippen molar-refractivity contribution in [2.45, 2.75) is 19.4 Å². The van der Waals surface area contributed by atoms with E-state index in [0.29, 0.717) is 17.8 Å². The summed E-state index contributed by atoms with van der Waals surface area (Å²) in [6.45, 7) is 1.76. The predicted octanol–water partition coefficient (Wildman–Crippen LogP) is 2.00. The van der Waals surface area contributed by atoms with E-state index < -0.39 is 12.0 Å². The molecular weight excluding hydrogens is 234 g/mol. The first-order valence-electron chi connectivity index (χ1n) is 5.53. The number of aliphatic carboxylic acids is 1. The minimum absolute atomic E-state index is 0.177. The number of furan rings is 1. The van der Waals surface area contributed by atoms with Gasteiger partial charge in [0, 0.05) is 10.9 Å². The third-order valence-electron chi connectivity index (χ3n) is 2.82. The van der Waals surface area contributed by atoms with Crippen LogP contribution >= 0.6 is 0 Å². The molecule has 2 rings (SSSR count). The molecule has 1 unspecified atom stereocenters. The molecule has 0 saturated heterocycles. The Morgan fingerprint density at radius 3 is 2.89 bits per heavy atom. The van der Waals surface area contributed by atoms with Crippen LogP contribution in [0.3, 0.4) is 0 Å². The average Bonchev–Trinajstić information content (AvgIpc) is 2.63. The molecule has 1 aromatic heterocycles. The lowest BCUT2D eigenvalue weighted by atomic mass is 10.0. The fourth-order valence-corrected chi connectivity index (χ4v) is 2.12. The highest BCUT2D eigenvalue weighted by Crippen LogP contribution is 2.31. The first kappa shape index (κ1) is 12.2. The number of carbonyl (C=O) groups is 2. The maximum atomic E-state index is 10.8. The molecule has 1 atom stereocenters. The quantitative estimate of drug-likeness (QED) is 0.792. The first-order chi connectivity index (χ1) is 8.63. The highest BCUT2D eigenvalue weighted by Gasteiger charge is 2.22. The topological polar surface area (TPSA) is 79.5 Å². The second-order valence-corrected chi connectivity index (χ2v) is 4.00. The molecule has 2 N–H and O–H groups in total. The highest BCUT2D eigenvalue weighted by atomic mass is 16.4. The summed E-state index contributed by atoms with van der Waals surface area (Å²) >= 11 is 0. The zero-order valence-electron chi connectivity index (χ0n) is 9.84. The summed E-state index contributed by atoms with van der Waals surface area (Å²) in [6, 6.07) is 6.77. The average molecular weight is 247 g/mol. The number of hydrogen-bond acceptors (Lipinski definition) is 3. The van der Waals surface area contributed by atoms with Gasteiger partial charge in [0.15, 0.2) is 0 Å². The normalized spacial score (nSPS) is 12.3. The van der Waals surface area contributed by atoms with E-state index in [0.717, 1.165) is 10.9 Å². The number of aryl methyl sites for hydroxylation is 1. The second-order valence-electron chi connectivity index (χ2n) is 4.00. The molecule has 0 aliphatic heterocycles. The number of hydrogen-bond donors (Lipinski definition) is 2. The van der Waals surface area contributed by atoms with E-state index in [4.69, 9.17) is 9.52 Å². The van der Waals surface area contributed by atoms with Crippen molar-refractivity contribution in [3.05, 3.63) is 35.6 Å². The van der Waals surface area contributed by atoms with Gasteiger partial charge in [-0.25, -0.2) is 0 Å². The van der Waals surface area contributed by atoms with E-state index in [2.05, 4.69) is 5.32 Å². The molecular formula is C13H13NO4. The molecule has 1 amide bonds. The van der Waals surface area contributed by atoms with Gasteiger partial charge >= 0.3 is 5.97 Å². The monoisotopic (exact) mass is 247 g/mol. The largest absolute Gasteiger partial charge is 0.481 e. The lowest BCUT2D eigenvalue weighted by Crippen LogP contribution is -2.22. The van der Waals surface area contributed by atoms with Gasteiger partial charge in [-0.15, -0.1) is 0 Å². The van der Waals surface area contributed by atoms with Crippen LogP contribution in [-0.2, 0) is 9.59 Å². The number of para-hydroxylation sites is 1. The molecule has 0 radical (unpaired) electrons. The predicted molar refractivity (Wildman–Crippen MR) is 65.1 cm³/mol. The number of carbonyl (C=O) groups excluding carboxylic acids is 1. The maximum Gasteiger partial charge on any atom is 0.305 e. The summed E-state index contributed by atoms with van der Waals surface area (Å²) in [6.07, 6.45) is 0.331. The van der Waals surface area contributed by atoms with Gasteiger partial charge in [0.05, 0.1) is 12.5 Å². The molecule has 0 bridgehead atoms. The Balaban J connectivity index is 2.51. The van der Waals surface area contributed by atoms with E-state index in [-0.39, 0.29) is 6.42 Å². The Hall–Kier alpha value is -2.30. The van der Waals surface area contributed by atoms with Crippen molar-refractivity contribution in [3.8, 4) is 0 Å². The van der Waals surface area contributed by atoms with Crippen molar-refractivity contribution >= 4 is 23.3 Å². The zero-order chi connectivity index (χ0) is 13.1. The van der Waals surface area contributed by atoms with Crippen LogP contribution in [0.2, 0.25) is 0 Å². The maximum absolute atomic E-state index is 10.8. The number of benzene rings is 1. The van der Waals surface area contributed by atoms with Gasteiger partial charge in [0.25, 0.3) is 0 Å². The molecule has 94 valence electrons. The fraction of sp³-hybridized carbons (Fsp3) is 0.231. The zero-order valence-corrected chi connectivity index (χ0v) is 9.84. The van der Waals surface area contributed by atoms with Gasteiger partial charge in [-0.2, -0.15) is 0 Å². The standard InChI is InChI=1S/C13H13NO4/c1-8-13(10(14-7-15)6-12(16)17)9-4-2-3-5-11(9)18-8/h2-5,7,10H,6H2,1H3,(H,14,15)(H,16,17). The van der Waals surface area contributed by atoms with Crippen LogP contribution in [0.1, 0.15) is 23.8 Å². The minimum Gasteiger partial charge on any atom is -0.481 e. The Bertz CT molecular complexity index is 588. The van der Waals surface area contributed by atoms with Crippen LogP contribution in [0.15, 0.2) is 28.7 Å². The van der Waals surface area contributed by atoms with Crippen LogP contribution in [0.25, 0.3) is 11.0 Å². The van der Waals surface area contributed by atoms with Crippen molar-refractivity contribution in [2.24, 2.45) is 0 Å². The summed E-state index contributed by atoms with van der Waals surface area (Å²) < 4.78 is 5.56. The summed E-state index contributed by atoms with van der Waals surface area (Å²) in [5.41, 5.74) is 1.41. The Morgan fingerprint density at radius 2 is 2.22 bits per heavy atom. The van der Waals surface area contributed by atoms with Crippen molar-refractivity contribution in [1.82, 2.24) is 5.32 Å². The minimum atomic E-state index is -0.973. The van der Waals surface area contributed by atoms with Crippen molar-refractivity contribution in [3.63, 3.8) is 0 Å². The fourth-order valence-electron chi connectivity index (χ4n) is 2.12. The van der Waals surface area contributed by atoms with E-state index in [1.165, 1.54) is 0 Å². The van der Waals surface area contributed by atoms with Gasteiger partial charge < -0.3 is 14.8 Å². The van der Waals surface area contributed by atoms with Crippen LogP contribution in [0, 0.1) is 6.92 Å². The molecule has 0 aliphatic rings. The van der Waals surface area contributed by atoms with Gasteiger partial charge in [-0.1, -0.05) is 18.2 Å². The molecule has 18 heavy (non-hydrogen) atoms. The summed E-state index contributed by atoms with van der Waals surface area (Å²) in [5.74, 6) is -0.351. The summed E-state index contributed by atoms with van der Waals surface area (Å²) in [4.78, 5) is 21.4. The van der Waals surface area contributed by atoms with Crippen LogP contribution < -0.4 is 5.32 Å². The number of rotatable bonds is 5. The Morgan fingerprint density at radius 1 is 1.50 bits per heavy atom. The van der Waals surface area contributed by atoms with E-state index in [1.807, 2.05) is 24.3 Å². The summed E-state index contributed by atoms with van der Waals surface area (Å²) in [5, 5.41) is 12.2. The molecule has 5 heteroatoms. The molecule has 0 fully saturated rings. The molecule has 0 aliphatic carbocycles. The molecule has 2 aromatic rings. The first-order valence-corrected chi connectivity index (χ1v) is 5.53. The highest BCUT2D eigenvalue weighted by molar-refractivity contribution is 5.84. The number of carboxylic acid groups (broad SMARTS) is 1. The lowest BCUT2D eigenvalue weighted by Gasteiger charge is -2.13. The molecule has 0 saturated carbocycles. The third kappa shape index (κ3) is 2.20. The van der Waals surface area contributed by atoms with E-state index in [9.17, 15) is 9.59 Å². The molecule has 5 nitrogen and oxygen atoms in total. The van der Waals surface area contributed by atoms with Crippen LogP contribution in [-0.4, -0.2) is 17.5 Å². The van der Waals surface area contributed by atoms with Crippen molar-refractivity contribution in [1.29, 1.82) is 0 Å². The van der Waals surface area contributed by atoms with Gasteiger partial charge in [0.1, 0.15) is 11.3 Å². The summed E-state index contributed by atoms with van der Waals surface area (Å²) in [7, 11) is 0. The van der Waals surface area contributed by atoms with E-state index in [1.54, 1.807) is 6.92 Å². The lowest BCUT2D eigenvalue weighted by molar-refractivity contribution is -0.137. The van der Waals surface area contributed by atoms with Gasteiger partial charge in [-0.3, -0.25) is 9.59 Å². The Kier molecular flexibility index (Phi) is 3.32. The van der Waals surface area contributed by atoms with E-state index >= 15 is 0 Å². The third-order valence-corrected chi connectivity index (χ3v) is 2.82. The second kappa shape index (κ2) is 4.91.